The first kappa shape index (κ1) is 27.8. The molecule has 4 N–H and O–H groups in total. The molecule has 4 unspecified atom stereocenters. The van der Waals surface area contributed by atoms with Crippen LogP contribution < -0.4 is 15.4 Å². The number of nitrogens with one attached hydrogen (secondary N) is 2. The lowest BCUT2D eigenvalue weighted by Crippen LogP contribution is -2.54. The molecule has 1 saturated carbocycles. The molecular formula is C27H35N3O7. The van der Waals surface area contributed by atoms with Gasteiger partial charge in [-0.1, -0.05) is 19.1 Å². The summed E-state index contributed by atoms with van der Waals surface area (Å²) in [5.74, 6) is -0.511. The second-order valence-corrected chi connectivity index (χ2v) is 10.1. The van der Waals surface area contributed by atoms with Gasteiger partial charge in [0.05, 0.1) is 13.7 Å². The summed E-state index contributed by atoms with van der Waals surface area (Å²) in [6, 6.07) is 10.0. The van der Waals surface area contributed by atoms with Gasteiger partial charge in [-0.2, -0.15) is 0 Å². The normalized spacial score (nSPS) is 18.2. The Morgan fingerprint density at radius 3 is 2.30 bits per heavy atom. The van der Waals surface area contributed by atoms with Gasteiger partial charge in [-0.25, -0.2) is 4.79 Å². The maximum absolute atomic E-state index is 13.8. The van der Waals surface area contributed by atoms with E-state index in [0.29, 0.717) is 23.4 Å². The zero-order valence-electron chi connectivity index (χ0n) is 21.7. The van der Waals surface area contributed by atoms with Gasteiger partial charge in [-0.05, 0) is 75.1 Å². The minimum absolute atomic E-state index is 0.0680. The standard InChI is InChI=1S/C27H35N3O7/c1-16-13-22(16)30(25(34)21(15-31)29-26(35)37-27(2,3)4)23(17-7-6-8-19(32)14-17)24(33)28-18-9-11-20(36-5)12-10-18/h6-12,14,16,21-23,31-32H,13,15H2,1-5H3,(H,28,33)(H,29,35). The topological polar surface area (TPSA) is 137 Å². The van der Waals surface area contributed by atoms with Crippen LogP contribution in [-0.2, 0) is 14.3 Å². The van der Waals surface area contributed by atoms with Crippen LogP contribution in [0.4, 0.5) is 10.5 Å². The zero-order chi connectivity index (χ0) is 27.3. The number of aliphatic hydroxyl groups excluding tert-OH is 1. The molecule has 10 heteroatoms. The molecule has 2 aromatic rings. The van der Waals surface area contributed by atoms with Crippen molar-refractivity contribution in [2.24, 2.45) is 5.92 Å². The number of rotatable bonds is 9. The highest BCUT2D eigenvalue weighted by atomic mass is 16.6. The number of aliphatic hydroxyl groups is 1. The molecule has 0 radical (unpaired) electrons. The van der Waals surface area contributed by atoms with Crippen LogP contribution >= 0.6 is 0 Å². The van der Waals surface area contributed by atoms with Gasteiger partial charge in [0.15, 0.2) is 0 Å². The van der Waals surface area contributed by atoms with Crippen molar-refractivity contribution in [2.45, 2.75) is 57.8 Å². The van der Waals surface area contributed by atoms with Gasteiger partial charge >= 0.3 is 6.09 Å². The van der Waals surface area contributed by atoms with E-state index in [2.05, 4.69) is 10.6 Å². The molecule has 3 amide bonds. The van der Waals surface area contributed by atoms with Crippen LogP contribution in [0.1, 0.15) is 45.7 Å². The summed E-state index contributed by atoms with van der Waals surface area (Å²) in [5, 5.41) is 25.4. The molecule has 2 aromatic carbocycles. The SMILES string of the molecule is COc1ccc(NC(=O)C(c2cccc(O)c2)N(C(=O)C(CO)NC(=O)OC(C)(C)C)C2CC2C)cc1. The van der Waals surface area contributed by atoms with Crippen molar-refractivity contribution in [3.63, 3.8) is 0 Å². The molecule has 37 heavy (non-hydrogen) atoms. The summed E-state index contributed by atoms with van der Waals surface area (Å²) in [6.45, 7) is 6.30. The van der Waals surface area contributed by atoms with Crippen molar-refractivity contribution in [1.82, 2.24) is 10.2 Å². The van der Waals surface area contributed by atoms with Gasteiger partial charge in [0, 0.05) is 11.7 Å². The van der Waals surface area contributed by atoms with Gasteiger partial charge in [0.25, 0.3) is 5.91 Å². The summed E-state index contributed by atoms with van der Waals surface area (Å²) in [5.41, 5.74) is 0.0606. The van der Waals surface area contributed by atoms with Gasteiger partial charge in [-0.3, -0.25) is 9.59 Å². The van der Waals surface area contributed by atoms with Crippen LogP contribution in [-0.4, -0.2) is 64.4 Å². The third-order valence-corrected chi connectivity index (χ3v) is 5.92. The summed E-state index contributed by atoms with van der Waals surface area (Å²) < 4.78 is 10.4. The number of carbonyl (C=O) groups excluding carboxylic acids is 3. The smallest absolute Gasteiger partial charge is 0.408 e. The molecule has 0 spiro atoms. The molecule has 1 aliphatic rings. The lowest BCUT2D eigenvalue weighted by Gasteiger charge is -2.34. The predicted molar refractivity (Wildman–Crippen MR) is 137 cm³/mol. The predicted octanol–water partition coefficient (Wildman–Crippen LogP) is 3.20. The maximum Gasteiger partial charge on any atom is 0.408 e. The van der Waals surface area contributed by atoms with Crippen LogP contribution in [0.5, 0.6) is 11.5 Å². The van der Waals surface area contributed by atoms with Gasteiger partial charge < -0.3 is 35.2 Å². The van der Waals surface area contributed by atoms with Crippen molar-refractivity contribution in [3.05, 3.63) is 54.1 Å². The molecule has 0 aliphatic heterocycles. The molecule has 0 bridgehead atoms. The molecule has 3 rings (SSSR count). The number of nitrogens with zero attached hydrogens (tertiary/aromatic N) is 1. The van der Waals surface area contributed by atoms with E-state index in [1.165, 1.54) is 24.1 Å². The fourth-order valence-corrected chi connectivity index (χ4v) is 4.01. The zero-order valence-corrected chi connectivity index (χ0v) is 21.7. The first-order valence-corrected chi connectivity index (χ1v) is 12.1. The third kappa shape index (κ3) is 7.36. The van der Waals surface area contributed by atoms with Crippen molar-refractivity contribution in [1.29, 1.82) is 0 Å². The number of methoxy groups -OCH3 is 1. The van der Waals surface area contributed by atoms with Gasteiger partial charge in [0.2, 0.25) is 5.91 Å². The highest BCUT2D eigenvalue weighted by Crippen LogP contribution is 2.41. The van der Waals surface area contributed by atoms with Crippen molar-refractivity contribution < 1.29 is 34.1 Å². The van der Waals surface area contributed by atoms with E-state index in [-0.39, 0.29) is 17.7 Å². The van der Waals surface area contributed by atoms with Crippen LogP contribution in [0, 0.1) is 5.92 Å². The number of alkyl carbamates (subject to hydrolysis) is 1. The first-order chi connectivity index (χ1) is 17.4. The second kappa shape index (κ2) is 11.5. The highest BCUT2D eigenvalue weighted by Gasteiger charge is 2.48. The van der Waals surface area contributed by atoms with E-state index in [4.69, 9.17) is 9.47 Å². The van der Waals surface area contributed by atoms with E-state index in [1.54, 1.807) is 57.2 Å². The molecule has 0 aromatic heterocycles. The number of phenolic OH excluding ortho intramolecular Hbond substituents is 1. The Kier molecular flexibility index (Phi) is 8.65. The minimum atomic E-state index is -1.34. The second-order valence-electron chi connectivity index (χ2n) is 10.1. The Morgan fingerprint density at radius 2 is 1.78 bits per heavy atom. The van der Waals surface area contributed by atoms with Crippen molar-refractivity contribution in [3.8, 4) is 11.5 Å². The molecule has 0 saturated heterocycles. The summed E-state index contributed by atoms with van der Waals surface area (Å²) in [7, 11) is 1.54. The lowest BCUT2D eigenvalue weighted by molar-refractivity contribution is -0.142. The van der Waals surface area contributed by atoms with E-state index in [1.807, 2.05) is 6.92 Å². The number of benzene rings is 2. The molecule has 1 fully saturated rings. The average Bonchev–Trinajstić information content (AvgIpc) is 3.55. The van der Waals surface area contributed by atoms with Crippen molar-refractivity contribution >= 4 is 23.6 Å². The number of phenols is 1. The molecule has 200 valence electrons. The Morgan fingerprint density at radius 1 is 1.14 bits per heavy atom. The Bertz CT molecular complexity index is 1110. The average molecular weight is 514 g/mol. The fourth-order valence-electron chi connectivity index (χ4n) is 4.01. The molecule has 4 atom stereocenters. The molecule has 10 nitrogen and oxygen atoms in total. The van der Waals surface area contributed by atoms with E-state index >= 15 is 0 Å². The molecule has 1 aliphatic carbocycles. The molecular weight excluding hydrogens is 478 g/mol. The largest absolute Gasteiger partial charge is 0.508 e. The maximum atomic E-state index is 13.8. The van der Waals surface area contributed by atoms with Gasteiger partial charge in [-0.15, -0.1) is 0 Å². The molecule has 0 heterocycles. The number of aromatic hydroxyl groups is 1. The monoisotopic (exact) mass is 513 g/mol. The first-order valence-electron chi connectivity index (χ1n) is 12.1. The quantitative estimate of drug-likeness (QED) is 0.404. The van der Waals surface area contributed by atoms with E-state index < -0.39 is 42.2 Å². The fraction of sp³-hybridized carbons (Fsp3) is 0.444. The lowest BCUT2D eigenvalue weighted by atomic mass is 10.0. The van der Waals surface area contributed by atoms with Crippen LogP contribution in [0.25, 0.3) is 0 Å². The Balaban J connectivity index is 1.96. The number of amides is 3. The number of carbonyl (C=O) groups is 3. The summed E-state index contributed by atoms with van der Waals surface area (Å²) in [4.78, 5) is 41.2. The summed E-state index contributed by atoms with van der Waals surface area (Å²) in [6.07, 6.45) is -0.221. The number of ether oxygens (including phenoxy) is 2. The summed E-state index contributed by atoms with van der Waals surface area (Å²) >= 11 is 0. The van der Waals surface area contributed by atoms with Crippen LogP contribution in [0.15, 0.2) is 48.5 Å². The Hall–Kier alpha value is -3.79. The third-order valence-electron chi connectivity index (χ3n) is 5.92. The highest BCUT2D eigenvalue weighted by molar-refractivity contribution is 5.99. The number of anilines is 1. The van der Waals surface area contributed by atoms with E-state index in [0.717, 1.165) is 0 Å². The van der Waals surface area contributed by atoms with Crippen LogP contribution in [0.2, 0.25) is 0 Å². The van der Waals surface area contributed by atoms with Crippen LogP contribution in [0.3, 0.4) is 0 Å². The minimum Gasteiger partial charge on any atom is -0.508 e. The van der Waals surface area contributed by atoms with E-state index in [9.17, 15) is 24.6 Å². The number of hydrogen-bond donors (Lipinski definition) is 4. The van der Waals surface area contributed by atoms with Gasteiger partial charge in [0.1, 0.15) is 29.2 Å². The Labute approximate surface area is 216 Å². The number of hydrogen-bond acceptors (Lipinski definition) is 7. The van der Waals surface area contributed by atoms with Crippen molar-refractivity contribution in [2.75, 3.05) is 19.0 Å².